The van der Waals surface area contributed by atoms with Gasteiger partial charge in [-0.25, -0.2) is 9.97 Å². The second-order valence-corrected chi connectivity index (χ2v) is 6.27. The van der Waals surface area contributed by atoms with Crippen LogP contribution < -0.4 is 15.5 Å². The summed E-state index contributed by atoms with van der Waals surface area (Å²) in [6, 6.07) is 17.4. The van der Waals surface area contributed by atoms with Gasteiger partial charge in [0.25, 0.3) is 0 Å². The van der Waals surface area contributed by atoms with Crippen LogP contribution in [-0.2, 0) is 11.3 Å². The maximum Gasteiger partial charge on any atom is 0.162 e. The number of fused-ring (bicyclic) bond motifs is 1. The molecule has 0 fully saturated rings. The van der Waals surface area contributed by atoms with Crippen LogP contribution in [0.25, 0.3) is 0 Å². The van der Waals surface area contributed by atoms with Crippen LogP contribution in [0.15, 0.2) is 60.9 Å². The Hall–Kier alpha value is -3.12. The van der Waals surface area contributed by atoms with E-state index in [0.29, 0.717) is 28.9 Å². The first-order valence-electron chi connectivity index (χ1n) is 8.15. The molecule has 0 bridgehead atoms. The van der Waals surface area contributed by atoms with E-state index in [2.05, 4.69) is 20.6 Å². The first-order chi connectivity index (χ1) is 12.8. The van der Waals surface area contributed by atoms with E-state index >= 15 is 0 Å². The van der Waals surface area contributed by atoms with E-state index in [-0.39, 0.29) is 0 Å². The lowest BCUT2D eigenvalue weighted by molar-refractivity contribution is -0.108. The third-order valence-electron chi connectivity index (χ3n) is 4.18. The first kappa shape index (κ1) is 16.4. The van der Waals surface area contributed by atoms with Crippen molar-refractivity contribution in [3.63, 3.8) is 0 Å². The Balaban J connectivity index is 1.68. The molecule has 0 saturated carbocycles. The van der Waals surface area contributed by atoms with Gasteiger partial charge in [0.15, 0.2) is 24.1 Å². The zero-order chi connectivity index (χ0) is 17.9. The third kappa shape index (κ3) is 3.07. The minimum atomic E-state index is -0.506. The molecular formula is C19H16ClN5O. The molecule has 1 aromatic heterocycles. The standard InChI is InChI=1S/C19H16ClN5O/c20-14-8-4-5-9-15(14)23-18-17-19(22-12-21-18)25(16(11-26)24-17)10-13-6-2-1-3-7-13/h1-9,11-12,16,24H,10H2,(H,21,22,23). The van der Waals surface area contributed by atoms with E-state index in [1.54, 1.807) is 6.07 Å². The van der Waals surface area contributed by atoms with Gasteiger partial charge in [-0.15, -0.1) is 0 Å². The molecule has 1 aliphatic rings. The van der Waals surface area contributed by atoms with Gasteiger partial charge in [0, 0.05) is 6.54 Å². The van der Waals surface area contributed by atoms with Crippen molar-refractivity contribution in [2.24, 2.45) is 0 Å². The quantitative estimate of drug-likeness (QED) is 0.670. The molecule has 2 N–H and O–H groups in total. The number of halogens is 1. The first-order valence-corrected chi connectivity index (χ1v) is 8.53. The molecule has 2 heterocycles. The number of benzene rings is 2. The van der Waals surface area contributed by atoms with Crippen LogP contribution in [0, 0.1) is 0 Å². The van der Waals surface area contributed by atoms with E-state index in [1.807, 2.05) is 53.4 Å². The average Bonchev–Trinajstić information content (AvgIpc) is 3.03. The summed E-state index contributed by atoms with van der Waals surface area (Å²) in [6.07, 6.45) is 1.84. The second-order valence-electron chi connectivity index (χ2n) is 5.86. The lowest BCUT2D eigenvalue weighted by Gasteiger charge is -2.21. The van der Waals surface area contributed by atoms with Crippen LogP contribution in [-0.4, -0.2) is 22.4 Å². The summed E-state index contributed by atoms with van der Waals surface area (Å²) in [5.74, 6) is 1.25. The molecule has 6 nitrogen and oxygen atoms in total. The number of nitrogens with zero attached hydrogens (tertiary/aromatic N) is 3. The lowest BCUT2D eigenvalue weighted by Crippen LogP contribution is -2.36. The Bertz CT molecular complexity index is 934. The fraction of sp³-hybridized carbons (Fsp3) is 0.105. The van der Waals surface area contributed by atoms with Gasteiger partial charge in [-0.05, 0) is 17.7 Å². The van der Waals surface area contributed by atoms with Gasteiger partial charge in [-0.2, -0.15) is 0 Å². The number of para-hydroxylation sites is 1. The molecule has 7 heteroatoms. The Labute approximate surface area is 155 Å². The van der Waals surface area contributed by atoms with E-state index in [4.69, 9.17) is 11.6 Å². The molecule has 2 aromatic carbocycles. The Kier molecular flexibility index (Phi) is 4.41. The highest BCUT2D eigenvalue weighted by molar-refractivity contribution is 6.33. The number of carbonyl (C=O) groups excluding carboxylic acids is 1. The number of aldehydes is 1. The number of anilines is 4. The Morgan fingerprint density at radius 2 is 1.88 bits per heavy atom. The van der Waals surface area contributed by atoms with Crippen molar-refractivity contribution in [3.05, 3.63) is 71.5 Å². The summed E-state index contributed by atoms with van der Waals surface area (Å²) in [4.78, 5) is 22.2. The van der Waals surface area contributed by atoms with Crippen molar-refractivity contribution in [2.75, 3.05) is 15.5 Å². The van der Waals surface area contributed by atoms with Gasteiger partial charge in [0.1, 0.15) is 12.0 Å². The van der Waals surface area contributed by atoms with Gasteiger partial charge < -0.3 is 15.5 Å². The molecule has 26 heavy (non-hydrogen) atoms. The van der Waals surface area contributed by atoms with E-state index < -0.39 is 6.17 Å². The number of hydrogen-bond acceptors (Lipinski definition) is 6. The minimum Gasteiger partial charge on any atom is -0.353 e. The molecule has 130 valence electrons. The second kappa shape index (κ2) is 7.01. The molecule has 1 aliphatic heterocycles. The summed E-state index contributed by atoms with van der Waals surface area (Å²) in [5, 5.41) is 6.99. The smallest absolute Gasteiger partial charge is 0.162 e. The molecule has 0 spiro atoms. The number of nitrogens with one attached hydrogen (secondary N) is 2. The average molecular weight is 366 g/mol. The van der Waals surface area contributed by atoms with Crippen molar-refractivity contribution in [2.45, 2.75) is 12.7 Å². The highest BCUT2D eigenvalue weighted by Crippen LogP contribution is 2.39. The van der Waals surface area contributed by atoms with Crippen LogP contribution in [0.1, 0.15) is 5.56 Å². The molecule has 4 rings (SSSR count). The topological polar surface area (TPSA) is 70.1 Å². The molecule has 0 aliphatic carbocycles. The lowest BCUT2D eigenvalue weighted by atomic mass is 10.2. The molecular weight excluding hydrogens is 350 g/mol. The van der Waals surface area contributed by atoms with Gasteiger partial charge in [-0.1, -0.05) is 54.1 Å². The summed E-state index contributed by atoms with van der Waals surface area (Å²) in [7, 11) is 0. The van der Waals surface area contributed by atoms with Crippen molar-refractivity contribution in [1.82, 2.24) is 9.97 Å². The SMILES string of the molecule is O=CC1Nc2c(Nc3ccccc3Cl)ncnc2N1Cc1ccccc1. The number of carbonyl (C=O) groups is 1. The highest BCUT2D eigenvalue weighted by Gasteiger charge is 2.32. The van der Waals surface area contributed by atoms with Crippen LogP contribution in [0.3, 0.4) is 0 Å². The van der Waals surface area contributed by atoms with Crippen LogP contribution in [0.5, 0.6) is 0 Å². The zero-order valence-electron chi connectivity index (χ0n) is 13.8. The van der Waals surface area contributed by atoms with Gasteiger partial charge in [0.2, 0.25) is 0 Å². The van der Waals surface area contributed by atoms with Crippen LogP contribution >= 0.6 is 11.6 Å². The monoisotopic (exact) mass is 365 g/mol. The number of hydrogen-bond donors (Lipinski definition) is 2. The van der Waals surface area contributed by atoms with E-state index in [9.17, 15) is 4.79 Å². The van der Waals surface area contributed by atoms with Crippen molar-refractivity contribution in [1.29, 1.82) is 0 Å². The van der Waals surface area contributed by atoms with Crippen molar-refractivity contribution in [3.8, 4) is 0 Å². The van der Waals surface area contributed by atoms with Crippen LogP contribution in [0.4, 0.5) is 23.0 Å². The van der Waals surface area contributed by atoms with Gasteiger partial charge in [0.05, 0.1) is 10.7 Å². The van der Waals surface area contributed by atoms with Gasteiger partial charge >= 0.3 is 0 Å². The zero-order valence-corrected chi connectivity index (χ0v) is 14.5. The number of aromatic nitrogens is 2. The summed E-state index contributed by atoms with van der Waals surface area (Å²) >= 11 is 6.22. The highest BCUT2D eigenvalue weighted by atomic mass is 35.5. The minimum absolute atomic E-state index is 0.506. The maximum atomic E-state index is 11.6. The largest absolute Gasteiger partial charge is 0.353 e. The van der Waals surface area contributed by atoms with Crippen molar-refractivity contribution < 1.29 is 4.79 Å². The van der Waals surface area contributed by atoms with Crippen molar-refractivity contribution >= 4 is 40.9 Å². The Morgan fingerprint density at radius 1 is 1.12 bits per heavy atom. The summed E-state index contributed by atoms with van der Waals surface area (Å²) in [6.45, 7) is 0.562. The molecule has 0 radical (unpaired) electrons. The summed E-state index contributed by atoms with van der Waals surface area (Å²) in [5.41, 5.74) is 2.51. The predicted octanol–water partition coefficient (Wildman–Crippen LogP) is 3.83. The summed E-state index contributed by atoms with van der Waals surface area (Å²) < 4.78 is 0. The van der Waals surface area contributed by atoms with E-state index in [0.717, 1.165) is 17.5 Å². The number of rotatable bonds is 5. The fourth-order valence-corrected chi connectivity index (χ4v) is 3.11. The molecule has 3 aromatic rings. The van der Waals surface area contributed by atoms with Crippen LogP contribution in [0.2, 0.25) is 5.02 Å². The van der Waals surface area contributed by atoms with E-state index in [1.165, 1.54) is 6.33 Å². The fourth-order valence-electron chi connectivity index (χ4n) is 2.93. The Morgan fingerprint density at radius 3 is 2.65 bits per heavy atom. The molecule has 1 unspecified atom stereocenters. The molecule has 0 saturated heterocycles. The van der Waals surface area contributed by atoms with Gasteiger partial charge in [-0.3, -0.25) is 4.79 Å². The maximum absolute atomic E-state index is 11.6. The normalized spacial score (nSPS) is 15.3. The molecule has 1 atom stereocenters. The third-order valence-corrected chi connectivity index (χ3v) is 4.51. The molecule has 0 amide bonds. The predicted molar refractivity (Wildman–Crippen MR) is 103 cm³/mol.